The molecule has 1 fully saturated rings. The summed E-state index contributed by atoms with van der Waals surface area (Å²) in [7, 11) is 0. The maximum atomic E-state index is 10.9. The molecule has 1 N–H and O–H groups in total. The number of hydrogen-bond acceptors (Lipinski definition) is 4. The van der Waals surface area contributed by atoms with Crippen molar-refractivity contribution in [3.8, 4) is 11.5 Å². The van der Waals surface area contributed by atoms with Crippen LogP contribution >= 0.6 is 0 Å². The average Bonchev–Trinajstić information content (AvgIpc) is 2.50. The van der Waals surface area contributed by atoms with E-state index in [9.17, 15) is 5.11 Å². The van der Waals surface area contributed by atoms with E-state index in [1.165, 1.54) is 19.3 Å². The van der Waals surface area contributed by atoms with Crippen molar-refractivity contribution in [3.63, 3.8) is 0 Å². The van der Waals surface area contributed by atoms with Gasteiger partial charge >= 0.3 is 0 Å². The Morgan fingerprint density at radius 3 is 2.68 bits per heavy atom. The fourth-order valence-corrected chi connectivity index (χ4v) is 4.00. The van der Waals surface area contributed by atoms with E-state index in [0.29, 0.717) is 31.0 Å². The van der Waals surface area contributed by atoms with Gasteiger partial charge < -0.3 is 14.6 Å². The van der Waals surface area contributed by atoms with Gasteiger partial charge in [0.2, 0.25) is 0 Å². The van der Waals surface area contributed by atoms with E-state index in [1.807, 2.05) is 25.1 Å². The van der Waals surface area contributed by atoms with Gasteiger partial charge in [-0.25, -0.2) is 0 Å². The van der Waals surface area contributed by atoms with Gasteiger partial charge in [-0.05, 0) is 39.7 Å². The highest BCUT2D eigenvalue weighted by Crippen LogP contribution is 2.42. The second-order valence-electron chi connectivity index (χ2n) is 6.51. The van der Waals surface area contributed by atoms with Crippen LogP contribution in [0.1, 0.15) is 51.7 Å². The Labute approximate surface area is 133 Å². The smallest absolute Gasteiger partial charge is 0.167 e. The van der Waals surface area contributed by atoms with Crippen molar-refractivity contribution in [1.29, 1.82) is 0 Å². The third kappa shape index (κ3) is 2.70. The van der Waals surface area contributed by atoms with Gasteiger partial charge in [-0.15, -0.1) is 0 Å². The van der Waals surface area contributed by atoms with Crippen LogP contribution in [0, 0.1) is 0 Å². The number of fused-ring (bicyclic) bond motifs is 1. The van der Waals surface area contributed by atoms with Crippen molar-refractivity contribution in [3.05, 3.63) is 23.8 Å². The number of rotatable bonds is 3. The highest BCUT2D eigenvalue weighted by atomic mass is 16.5. The Morgan fingerprint density at radius 1 is 1.27 bits per heavy atom. The molecule has 1 aromatic rings. The number of aliphatic hydroxyl groups is 1. The fourth-order valence-electron chi connectivity index (χ4n) is 4.00. The van der Waals surface area contributed by atoms with E-state index < -0.39 is 6.10 Å². The van der Waals surface area contributed by atoms with E-state index in [-0.39, 0.29) is 6.04 Å². The van der Waals surface area contributed by atoms with Crippen LogP contribution < -0.4 is 9.47 Å². The SMILES string of the molecule is CCOc1cccc2c1OCC(N1C(C)CCCC1C)C2O. The predicted octanol–water partition coefficient (Wildman–Crippen LogP) is 3.14. The molecule has 0 aromatic heterocycles. The fraction of sp³-hybridized carbons (Fsp3) is 0.667. The summed E-state index contributed by atoms with van der Waals surface area (Å²) in [6.07, 6.45) is 3.14. The first-order chi connectivity index (χ1) is 10.6. The van der Waals surface area contributed by atoms with E-state index in [2.05, 4.69) is 18.7 Å². The highest BCUT2D eigenvalue weighted by Gasteiger charge is 2.40. The van der Waals surface area contributed by atoms with Crippen molar-refractivity contribution in [2.24, 2.45) is 0 Å². The minimum atomic E-state index is -0.521. The van der Waals surface area contributed by atoms with Crippen molar-refractivity contribution >= 4 is 0 Å². The minimum Gasteiger partial charge on any atom is -0.490 e. The van der Waals surface area contributed by atoms with Crippen LogP contribution in [0.5, 0.6) is 11.5 Å². The summed E-state index contributed by atoms with van der Waals surface area (Å²) >= 11 is 0. The molecule has 1 saturated heterocycles. The molecule has 0 radical (unpaired) electrons. The lowest BCUT2D eigenvalue weighted by Crippen LogP contribution is -2.55. The van der Waals surface area contributed by atoms with Crippen LogP contribution in [0.4, 0.5) is 0 Å². The van der Waals surface area contributed by atoms with Crippen LogP contribution in [0.2, 0.25) is 0 Å². The third-order valence-corrected chi connectivity index (χ3v) is 5.04. The standard InChI is InChI=1S/C18H27NO3/c1-4-21-16-10-6-9-14-17(20)15(11-22-18(14)16)19-12(2)7-5-8-13(19)3/h6,9-10,12-13,15,17,20H,4-5,7-8,11H2,1-3H3. The quantitative estimate of drug-likeness (QED) is 0.931. The first kappa shape index (κ1) is 15.6. The molecule has 122 valence electrons. The number of hydrogen-bond donors (Lipinski definition) is 1. The number of nitrogens with zero attached hydrogens (tertiary/aromatic N) is 1. The highest BCUT2D eigenvalue weighted by molar-refractivity contribution is 5.49. The summed E-state index contributed by atoms with van der Waals surface area (Å²) in [5.41, 5.74) is 0.854. The molecule has 2 heterocycles. The lowest BCUT2D eigenvalue weighted by molar-refractivity contribution is -0.0477. The van der Waals surface area contributed by atoms with E-state index in [0.717, 1.165) is 11.3 Å². The second kappa shape index (κ2) is 6.47. The van der Waals surface area contributed by atoms with Gasteiger partial charge in [0.15, 0.2) is 11.5 Å². The van der Waals surface area contributed by atoms with Gasteiger partial charge in [0.05, 0.1) is 12.6 Å². The topological polar surface area (TPSA) is 41.9 Å². The van der Waals surface area contributed by atoms with Crippen LogP contribution in [0.15, 0.2) is 18.2 Å². The zero-order chi connectivity index (χ0) is 15.7. The molecule has 4 atom stereocenters. The van der Waals surface area contributed by atoms with Crippen LogP contribution in [0.25, 0.3) is 0 Å². The number of ether oxygens (including phenoxy) is 2. The predicted molar refractivity (Wildman–Crippen MR) is 86.5 cm³/mol. The second-order valence-corrected chi connectivity index (χ2v) is 6.51. The summed E-state index contributed by atoms with van der Waals surface area (Å²) in [6, 6.07) is 6.79. The molecule has 0 spiro atoms. The number of aliphatic hydroxyl groups excluding tert-OH is 1. The number of benzene rings is 1. The zero-order valence-electron chi connectivity index (χ0n) is 13.8. The molecule has 0 amide bonds. The number of likely N-dealkylation sites (tertiary alicyclic amines) is 1. The molecular formula is C18H27NO3. The Kier molecular flexibility index (Phi) is 4.59. The third-order valence-electron chi connectivity index (χ3n) is 5.04. The van der Waals surface area contributed by atoms with E-state index in [1.54, 1.807) is 0 Å². The maximum Gasteiger partial charge on any atom is 0.167 e. The summed E-state index contributed by atoms with van der Waals surface area (Å²) in [6.45, 7) is 7.59. The molecule has 22 heavy (non-hydrogen) atoms. The van der Waals surface area contributed by atoms with Gasteiger partial charge in [0, 0.05) is 17.6 Å². The van der Waals surface area contributed by atoms with Gasteiger partial charge in [-0.1, -0.05) is 18.6 Å². The van der Waals surface area contributed by atoms with Crippen molar-refractivity contribution in [1.82, 2.24) is 4.90 Å². The molecule has 0 saturated carbocycles. The summed E-state index contributed by atoms with van der Waals surface area (Å²) in [5.74, 6) is 1.45. The molecule has 3 rings (SSSR count). The summed E-state index contributed by atoms with van der Waals surface area (Å²) in [4.78, 5) is 2.45. The van der Waals surface area contributed by atoms with Gasteiger partial charge in [0.25, 0.3) is 0 Å². The van der Waals surface area contributed by atoms with Crippen molar-refractivity contribution in [2.75, 3.05) is 13.2 Å². The Morgan fingerprint density at radius 2 is 2.00 bits per heavy atom. The average molecular weight is 305 g/mol. The molecule has 2 aliphatic heterocycles. The molecule has 0 bridgehead atoms. The number of para-hydroxylation sites is 1. The van der Waals surface area contributed by atoms with E-state index >= 15 is 0 Å². The maximum absolute atomic E-state index is 10.9. The first-order valence-corrected chi connectivity index (χ1v) is 8.47. The van der Waals surface area contributed by atoms with Crippen molar-refractivity contribution in [2.45, 2.75) is 64.3 Å². The van der Waals surface area contributed by atoms with Crippen LogP contribution in [0.3, 0.4) is 0 Å². The molecular weight excluding hydrogens is 278 g/mol. The Balaban J connectivity index is 1.88. The molecule has 4 heteroatoms. The van der Waals surface area contributed by atoms with Crippen LogP contribution in [-0.4, -0.2) is 41.3 Å². The Bertz CT molecular complexity index is 509. The largest absolute Gasteiger partial charge is 0.490 e. The molecule has 1 aromatic carbocycles. The normalized spacial score (nSPS) is 32.2. The summed E-state index contributed by atoms with van der Waals surface area (Å²) < 4.78 is 11.6. The summed E-state index contributed by atoms with van der Waals surface area (Å²) in [5, 5.41) is 10.9. The Hall–Kier alpha value is -1.26. The molecule has 2 aliphatic rings. The lowest BCUT2D eigenvalue weighted by Gasteiger charge is -2.47. The molecule has 4 nitrogen and oxygen atoms in total. The van der Waals surface area contributed by atoms with Gasteiger partial charge in [-0.3, -0.25) is 4.90 Å². The first-order valence-electron chi connectivity index (χ1n) is 8.47. The van der Waals surface area contributed by atoms with Gasteiger partial charge in [-0.2, -0.15) is 0 Å². The van der Waals surface area contributed by atoms with Gasteiger partial charge in [0.1, 0.15) is 12.7 Å². The van der Waals surface area contributed by atoms with E-state index in [4.69, 9.17) is 9.47 Å². The zero-order valence-corrected chi connectivity index (χ0v) is 13.8. The molecule has 4 unspecified atom stereocenters. The number of piperidine rings is 1. The van der Waals surface area contributed by atoms with Crippen molar-refractivity contribution < 1.29 is 14.6 Å². The minimum absolute atomic E-state index is 0.0228. The monoisotopic (exact) mass is 305 g/mol. The lowest BCUT2D eigenvalue weighted by atomic mass is 9.90. The molecule has 0 aliphatic carbocycles. The van der Waals surface area contributed by atoms with Crippen LogP contribution in [-0.2, 0) is 0 Å².